The Morgan fingerprint density at radius 1 is 1.82 bits per heavy atom. The van der Waals surface area contributed by atoms with E-state index in [-0.39, 0.29) is 11.4 Å². The van der Waals surface area contributed by atoms with Crippen LogP contribution in [-0.2, 0) is 11.3 Å². The molecule has 4 nitrogen and oxygen atoms in total. The van der Waals surface area contributed by atoms with Crippen LogP contribution in [0, 0.1) is 6.92 Å². The Balaban J connectivity index is 3.01. The van der Waals surface area contributed by atoms with Crippen LogP contribution in [0.4, 0.5) is 0 Å². The lowest BCUT2D eigenvalue weighted by Gasteiger charge is -2.03. The van der Waals surface area contributed by atoms with Crippen molar-refractivity contribution in [2.24, 2.45) is 0 Å². The minimum Gasteiger partial charge on any atom is -0.548 e. The number of aromatic nitrogens is 1. The molecule has 5 heteroatoms. The molecular weight excluding hydrogens is 166 g/mol. The molecule has 1 aromatic heterocycles. The van der Waals surface area contributed by atoms with Gasteiger partial charge in [-0.1, -0.05) is 11.3 Å². The molecular formula is C6H6NO3S-. The summed E-state index contributed by atoms with van der Waals surface area (Å²) >= 11 is 0.989. The largest absolute Gasteiger partial charge is 0.548 e. The lowest BCUT2D eigenvalue weighted by molar-refractivity contribution is -0.306. The lowest BCUT2D eigenvalue weighted by atomic mass is 10.5. The second-order valence-corrected chi connectivity index (χ2v) is 2.92. The van der Waals surface area contributed by atoms with Crippen molar-refractivity contribution < 1.29 is 9.90 Å². The Morgan fingerprint density at radius 3 is 2.82 bits per heavy atom. The maximum Gasteiger partial charge on any atom is 0.307 e. The highest BCUT2D eigenvalue weighted by molar-refractivity contribution is 7.07. The Labute approximate surface area is 66.7 Å². The van der Waals surface area contributed by atoms with Crippen molar-refractivity contribution in [3.05, 3.63) is 20.7 Å². The fraction of sp³-hybridized carbons (Fsp3) is 0.333. The Hall–Kier alpha value is -1.10. The highest BCUT2D eigenvalue weighted by Crippen LogP contribution is 1.97. The molecule has 0 saturated carbocycles. The zero-order valence-corrected chi connectivity index (χ0v) is 6.68. The van der Waals surface area contributed by atoms with Gasteiger partial charge in [-0.05, 0) is 6.92 Å². The molecule has 60 valence electrons. The molecule has 0 aliphatic carbocycles. The molecule has 0 saturated heterocycles. The third kappa shape index (κ3) is 1.68. The summed E-state index contributed by atoms with van der Waals surface area (Å²) in [6.07, 6.45) is 0. The molecule has 0 radical (unpaired) electrons. The van der Waals surface area contributed by atoms with Crippen molar-refractivity contribution in [1.29, 1.82) is 0 Å². The van der Waals surface area contributed by atoms with Crippen LogP contribution in [0.5, 0.6) is 0 Å². The van der Waals surface area contributed by atoms with Crippen molar-refractivity contribution in [2.45, 2.75) is 13.5 Å². The van der Waals surface area contributed by atoms with E-state index >= 15 is 0 Å². The molecule has 0 atom stereocenters. The SMILES string of the molecule is Cc1csc(=O)n1CC(=O)[O-]. The van der Waals surface area contributed by atoms with Crippen LogP contribution in [0.15, 0.2) is 10.2 Å². The summed E-state index contributed by atoms with van der Waals surface area (Å²) in [7, 11) is 0. The predicted molar refractivity (Wildman–Crippen MR) is 38.3 cm³/mol. The van der Waals surface area contributed by atoms with Crippen LogP contribution < -0.4 is 9.98 Å². The van der Waals surface area contributed by atoms with Gasteiger partial charge in [0.05, 0.1) is 12.5 Å². The minimum atomic E-state index is -1.24. The fourth-order valence-electron chi connectivity index (χ4n) is 0.725. The van der Waals surface area contributed by atoms with E-state index in [9.17, 15) is 14.7 Å². The molecule has 0 aliphatic heterocycles. The number of carbonyl (C=O) groups is 1. The maximum atomic E-state index is 10.9. The van der Waals surface area contributed by atoms with Gasteiger partial charge in [-0.15, -0.1) is 0 Å². The molecule has 0 unspecified atom stereocenters. The molecule has 1 heterocycles. The van der Waals surface area contributed by atoms with E-state index in [1.165, 1.54) is 4.57 Å². The zero-order valence-electron chi connectivity index (χ0n) is 5.86. The van der Waals surface area contributed by atoms with Gasteiger partial charge in [0.15, 0.2) is 0 Å². The summed E-state index contributed by atoms with van der Waals surface area (Å²) in [5.41, 5.74) is 0.657. The summed E-state index contributed by atoms with van der Waals surface area (Å²) < 4.78 is 1.17. The van der Waals surface area contributed by atoms with Gasteiger partial charge >= 0.3 is 4.87 Å². The number of aliphatic carboxylic acids is 1. The number of carboxylic acid groups (broad SMARTS) is 1. The van der Waals surface area contributed by atoms with Gasteiger partial charge in [-0.3, -0.25) is 9.36 Å². The van der Waals surface area contributed by atoms with Crippen LogP contribution in [0.25, 0.3) is 0 Å². The molecule has 0 bridgehead atoms. The number of hydrogen-bond acceptors (Lipinski definition) is 4. The summed E-state index contributed by atoms with van der Waals surface area (Å²) in [6.45, 7) is 1.33. The average Bonchev–Trinajstić information content (AvgIpc) is 2.18. The molecule has 0 spiro atoms. The van der Waals surface area contributed by atoms with Crippen molar-refractivity contribution >= 4 is 17.3 Å². The van der Waals surface area contributed by atoms with Gasteiger partial charge in [0.25, 0.3) is 0 Å². The number of carboxylic acids is 1. The first-order valence-electron chi connectivity index (χ1n) is 2.96. The van der Waals surface area contributed by atoms with Crippen molar-refractivity contribution in [2.75, 3.05) is 0 Å². The molecule has 0 amide bonds. The van der Waals surface area contributed by atoms with Gasteiger partial charge in [0.2, 0.25) is 0 Å². The van der Waals surface area contributed by atoms with Crippen LogP contribution in [0.3, 0.4) is 0 Å². The third-order valence-corrected chi connectivity index (χ3v) is 2.14. The average molecular weight is 172 g/mol. The van der Waals surface area contributed by atoms with Gasteiger partial charge in [0, 0.05) is 11.1 Å². The van der Waals surface area contributed by atoms with Crippen LogP contribution >= 0.6 is 11.3 Å². The fourth-order valence-corrected chi connectivity index (χ4v) is 1.46. The Kier molecular flexibility index (Phi) is 2.09. The zero-order chi connectivity index (χ0) is 8.43. The van der Waals surface area contributed by atoms with E-state index in [4.69, 9.17) is 0 Å². The van der Waals surface area contributed by atoms with Gasteiger partial charge < -0.3 is 9.90 Å². The highest BCUT2D eigenvalue weighted by Gasteiger charge is 2.00. The minimum absolute atomic E-state index is 0.258. The number of carbonyl (C=O) groups excluding carboxylic acids is 1. The Morgan fingerprint density at radius 2 is 2.45 bits per heavy atom. The summed E-state index contributed by atoms with van der Waals surface area (Å²) in [5.74, 6) is -1.24. The second-order valence-electron chi connectivity index (χ2n) is 2.10. The number of rotatable bonds is 2. The summed E-state index contributed by atoms with van der Waals surface area (Å²) in [6, 6.07) is 0. The number of thiazole rings is 1. The van der Waals surface area contributed by atoms with Crippen molar-refractivity contribution in [1.82, 2.24) is 4.57 Å². The predicted octanol–water partition coefficient (Wildman–Crippen LogP) is -1.03. The molecule has 0 N–H and O–H groups in total. The standard InChI is InChI=1S/C6H7NO3S/c1-4-3-11-6(10)7(4)2-5(8)9/h3H,2H2,1H3,(H,8,9)/p-1. The molecule has 0 aliphatic rings. The monoisotopic (exact) mass is 172 g/mol. The number of nitrogens with zero attached hydrogens (tertiary/aromatic N) is 1. The van der Waals surface area contributed by atoms with E-state index in [0.29, 0.717) is 5.69 Å². The normalized spacial score (nSPS) is 9.91. The van der Waals surface area contributed by atoms with Crippen LogP contribution in [0.1, 0.15) is 5.69 Å². The first kappa shape index (κ1) is 8.00. The quantitative estimate of drug-likeness (QED) is 0.573. The van der Waals surface area contributed by atoms with Gasteiger partial charge in [-0.2, -0.15) is 0 Å². The molecule has 0 aromatic carbocycles. The first-order valence-corrected chi connectivity index (χ1v) is 3.84. The molecule has 1 rings (SSSR count). The third-order valence-electron chi connectivity index (χ3n) is 1.26. The number of aryl methyl sites for hydroxylation is 1. The lowest BCUT2D eigenvalue weighted by Crippen LogP contribution is -2.31. The molecule has 1 aromatic rings. The number of hydrogen-bond donors (Lipinski definition) is 0. The second kappa shape index (κ2) is 2.87. The smallest absolute Gasteiger partial charge is 0.307 e. The first-order chi connectivity index (χ1) is 5.11. The maximum absolute atomic E-state index is 10.9. The van der Waals surface area contributed by atoms with E-state index in [2.05, 4.69) is 0 Å². The van der Waals surface area contributed by atoms with Crippen LogP contribution in [0.2, 0.25) is 0 Å². The van der Waals surface area contributed by atoms with E-state index < -0.39 is 5.97 Å². The van der Waals surface area contributed by atoms with E-state index in [1.54, 1.807) is 12.3 Å². The molecule has 11 heavy (non-hydrogen) atoms. The van der Waals surface area contributed by atoms with Gasteiger partial charge in [0.1, 0.15) is 0 Å². The van der Waals surface area contributed by atoms with E-state index in [1.807, 2.05) is 0 Å². The highest BCUT2D eigenvalue weighted by atomic mass is 32.1. The van der Waals surface area contributed by atoms with Crippen LogP contribution in [-0.4, -0.2) is 10.5 Å². The molecule has 0 fully saturated rings. The van der Waals surface area contributed by atoms with Crippen molar-refractivity contribution in [3.63, 3.8) is 0 Å². The van der Waals surface area contributed by atoms with Crippen molar-refractivity contribution in [3.8, 4) is 0 Å². The Bertz CT molecular complexity index is 325. The topological polar surface area (TPSA) is 62.1 Å². The summed E-state index contributed by atoms with van der Waals surface area (Å²) in [5, 5.41) is 11.7. The van der Waals surface area contributed by atoms with E-state index in [0.717, 1.165) is 11.3 Å². The van der Waals surface area contributed by atoms with Gasteiger partial charge in [-0.25, -0.2) is 0 Å². The summed E-state index contributed by atoms with van der Waals surface area (Å²) in [4.78, 5) is 20.7.